The van der Waals surface area contributed by atoms with Crippen molar-refractivity contribution in [2.45, 2.75) is 31.4 Å². The van der Waals surface area contributed by atoms with Gasteiger partial charge in [-0.3, -0.25) is 4.57 Å². The van der Waals surface area contributed by atoms with Crippen molar-refractivity contribution in [3.05, 3.63) is 96.1 Å². The highest BCUT2D eigenvalue weighted by Crippen LogP contribution is 2.61. The maximum atomic E-state index is 14.7. The summed E-state index contributed by atoms with van der Waals surface area (Å²) in [5.74, 6) is 0. The number of sulfonamides is 1. The molecular formula is C27H27F3N3O3PS. The van der Waals surface area contributed by atoms with Gasteiger partial charge in [0.1, 0.15) is 0 Å². The topological polar surface area (TPSA) is 69.7 Å². The van der Waals surface area contributed by atoms with Crippen LogP contribution in [0.5, 0.6) is 0 Å². The van der Waals surface area contributed by atoms with Crippen LogP contribution in [0, 0.1) is 0 Å². The van der Waals surface area contributed by atoms with Crippen LogP contribution in [0.3, 0.4) is 0 Å². The summed E-state index contributed by atoms with van der Waals surface area (Å²) in [5.41, 5.74) is -4.13. The second-order valence-electron chi connectivity index (χ2n) is 9.40. The summed E-state index contributed by atoms with van der Waals surface area (Å²) in [6, 6.07) is 24.9. The van der Waals surface area contributed by atoms with Crippen molar-refractivity contribution in [1.82, 2.24) is 13.8 Å². The van der Waals surface area contributed by atoms with Gasteiger partial charge in [-0.2, -0.15) is 13.2 Å². The Bertz CT molecular complexity index is 1550. The largest absolute Gasteiger partial charge is 0.511 e. The lowest BCUT2D eigenvalue weighted by Crippen LogP contribution is -2.41. The molecule has 4 aromatic carbocycles. The van der Waals surface area contributed by atoms with Gasteiger partial charge in [0.15, 0.2) is 0 Å². The minimum Gasteiger partial charge on any atom is -0.269 e. The van der Waals surface area contributed by atoms with E-state index in [4.69, 9.17) is 0 Å². The van der Waals surface area contributed by atoms with Gasteiger partial charge in [-0.05, 0) is 46.5 Å². The third kappa shape index (κ3) is 4.54. The number of rotatable bonds is 6. The van der Waals surface area contributed by atoms with E-state index in [-0.39, 0.29) is 13.1 Å². The summed E-state index contributed by atoms with van der Waals surface area (Å²) in [5, 5.41) is 3.55. The van der Waals surface area contributed by atoms with E-state index in [1.54, 1.807) is 18.3 Å². The average molecular weight is 562 g/mol. The lowest BCUT2D eigenvalue weighted by molar-refractivity contribution is -0.0442. The highest BCUT2D eigenvalue weighted by Gasteiger charge is 2.56. The Morgan fingerprint density at radius 2 is 1.13 bits per heavy atom. The maximum Gasteiger partial charge on any atom is 0.511 e. The standard InChI is InChI=1S/C27H27F3N3O3PS/c1-19(23-15-7-11-21-9-3-5-13-25(21)23)32-17-18-33(37(32,34)31-38(35,36)27(28,29)30)20(2)24-16-8-12-22-10-4-6-14-26(22)24/h3-16,19-20H,17-18H2,1-2H3,(H,31,34)/t19-,20-/m0/s1. The van der Waals surface area contributed by atoms with Crippen molar-refractivity contribution in [1.29, 1.82) is 0 Å². The molecule has 1 fully saturated rings. The fourth-order valence-electron chi connectivity index (χ4n) is 5.34. The number of nitrogens with one attached hydrogen (secondary N) is 1. The van der Waals surface area contributed by atoms with E-state index in [1.165, 1.54) is 9.34 Å². The molecule has 0 amide bonds. The molecule has 0 unspecified atom stereocenters. The first-order valence-corrected chi connectivity index (χ1v) is 15.2. The van der Waals surface area contributed by atoms with Crippen LogP contribution in [-0.2, 0) is 14.6 Å². The van der Waals surface area contributed by atoms with Gasteiger partial charge in [-0.1, -0.05) is 84.9 Å². The second-order valence-corrected chi connectivity index (χ2v) is 13.7. The van der Waals surface area contributed by atoms with Crippen LogP contribution in [0.15, 0.2) is 84.9 Å². The van der Waals surface area contributed by atoms with Gasteiger partial charge in [-0.25, -0.2) is 17.8 Å². The third-order valence-electron chi connectivity index (χ3n) is 7.24. The summed E-state index contributed by atoms with van der Waals surface area (Å²) in [6.07, 6.45) is 0. The first-order chi connectivity index (χ1) is 17.9. The van der Waals surface area contributed by atoms with Gasteiger partial charge in [0.25, 0.3) is 7.59 Å². The van der Waals surface area contributed by atoms with Crippen molar-refractivity contribution < 1.29 is 26.2 Å². The summed E-state index contributed by atoms with van der Waals surface area (Å²) < 4.78 is 84.5. The number of benzene rings is 4. The van der Waals surface area contributed by atoms with E-state index in [0.717, 1.165) is 32.7 Å². The van der Waals surface area contributed by atoms with Crippen LogP contribution in [0.25, 0.3) is 21.5 Å². The molecule has 11 heteroatoms. The molecule has 0 bridgehead atoms. The van der Waals surface area contributed by atoms with Crippen LogP contribution >= 0.6 is 7.59 Å². The lowest BCUT2D eigenvalue weighted by atomic mass is 9.99. The predicted molar refractivity (Wildman–Crippen MR) is 144 cm³/mol. The summed E-state index contributed by atoms with van der Waals surface area (Å²) in [7, 11) is -10.4. The molecule has 0 saturated carbocycles. The molecule has 0 radical (unpaired) electrons. The fourth-order valence-corrected chi connectivity index (χ4v) is 10.1. The molecule has 1 aliphatic heterocycles. The first-order valence-electron chi connectivity index (χ1n) is 12.1. The minimum absolute atomic E-state index is 0.108. The zero-order valence-electron chi connectivity index (χ0n) is 20.8. The molecule has 4 aromatic rings. The molecule has 1 aliphatic rings. The van der Waals surface area contributed by atoms with E-state index in [9.17, 15) is 26.2 Å². The van der Waals surface area contributed by atoms with Crippen LogP contribution in [0.4, 0.5) is 13.2 Å². The van der Waals surface area contributed by atoms with Crippen LogP contribution in [0.1, 0.15) is 37.1 Å². The number of fused-ring (bicyclic) bond motifs is 2. The quantitative estimate of drug-likeness (QED) is 0.257. The van der Waals surface area contributed by atoms with Crippen molar-refractivity contribution in [3.63, 3.8) is 0 Å². The molecule has 200 valence electrons. The summed E-state index contributed by atoms with van der Waals surface area (Å²) in [4.78, 5) is 0. The van der Waals surface area contributed by atoms with Crippen molar-refractivity contribution >= 4 is 39.2 Å². The molecule has 38 heavy (non-hydrogen) atoms. The zero-order valence-corrected chi connectivity index (χ0v) is 22.5. The van der Waals surface area contributed by atoms with E-state index in [1.807, 2.05) is 84.9 Å². The van der Waals surface area contributed by atoms with Gasteiger partial charge in [0, 0.05) is 25.2 Å². The SMILES string of the molecule is C[C@@H](c1cccc2ccccc12)N1CCN([C@@H](C)c2cccc3ccccc23)P1(=O)NS(=O)(=O)C(F)(F)F. The molecule has 6 nitrogen and oxygen atoms in total. The van der Waals surface area contributed by atoms with E-state index in [0.29, 0.717) is 0 Å². The van der Waals surface area contributed by atoms with Crippen molar-refractivity contribution in [3.8, 4) is 0 Å². The average Bonchev–Trinajstić information content (AvgIpc) is 3.22. The first kappa shape index (κ1) is 26.8. The van der Waals surface area contributed by atoms with Gasteiger partial charge in [0.2, 0.25) is 0 Å². The molecule has 1 heterocycles. The number of hydrogen-bond acceptors (Lipinski definition) is 3. The number of hydrogen-bond donors (Lipinski definition) is 1. The monoisotopic (exact) mass is 561 g/mol. The van der Waals surface area contributed by atoms with Crippen LogP contribution in [-0.4, -0.2) is 36.4 Å². The Morgan fingerprint density at radius 1 is 0.737 bits per heavy atom. The minimum atomic E-state index is -5.92. The van der Waals surface area contributed by atoms with E-state index >= 15 is 0 Å². The van der Waals surface area contributed by atoms with Crippen molar-refractivity contribution in [2.24, 2.45) is 0 Å². The molecular weight excluding hydrogens is 534 g/mol. The maximum absolute atomic E-state index is 14.7. The highest BCUT2D eigenvalue weighted by atomic mass is 32.2. The van der Waals surface area contributed by atoms with Crippen molar-refractivity contribution in [2.75, 3.05) is 13.1 Å². The normalized spacial score (nSPS) is 18.7. The van der Waals surface area contributed by atoms with Crippen LogP contribution < -0.4 is 4.49 Å². The number of alkyl halides is 3. The van der Waals surface area contributed by atoms with E-state index in [2.05, 4.69) is 0 Å². The number of nitrogens with zero attached hydrogens (tertiary/aromatic N) is 2. The Balaban J connectivity index is 1.62. The summed E-state index contributed by atoms with van der Waals surface area (Å²) in [6.45, 7) is 3.69. The highest BCUT2D eigenvalue weighted by molar-refractivity contribution is 7.96. The Morgan fingerprint density at radius 3 is 1.55 bits per heavy atom. The lowest BCUT2D eigenvalue weighted by Gasteiger charge is -2.37. The molecule has 5 rings (SSSR count). The fraction of sp³-hybridized carbons (Fsp3) is 0.259. The molecule has 1 N–H and O–H groups in total. The predicted octanol–water partition coefficient (Wildman–Crippen LogP) is 6.98. The van der Waals surface area contributed by atoms with Crippen LogP contribution in [0.2, 0.25) is 0 Å². The molecule has 0 aromatic heterocycles. The second kappa shape index (κ2) is 9.77. The molecule has 2 atom stereocenters. The van der Waals surface area contributed by atoms with Gasteiger partial charge >= 0.3 is 15.5 Å². The van der Waals surface area contributed by atoms with Gasteiger partial charge in [-0.15, -0.1) is 4.49 Å². The Labute approximate surface area is 219 Å². The molecule has 0 spiro atoms. The third-order valence-corrected chi connectivity index (χ3v) is 12.2. The van der Waals surface area contributed by atoms with Gasteiger partial charge in [0.05, 0.1) is 0 Å². The molecule has 1 saturated heterocycles. The Kier molecular flexibility index (Phi) is 6.90. The summed E-state index contributed by atoms with van der Waals surface area (Å²) >= 11 is 0. The zero-order chi connectivity index (χ0) is 27.3. The molecule has 0 aliphatic carbocycles. The van der Waals surface area contributed by atoms with E-state index < -0.39 is 35.2 Å². The smallest absolute Gasteiger partial charge is 0.269 e. The van der Waals surface area contributed by atoms with Gasteiger partial charge < -0.3 is 0 Å². The Hall–Kier alpha value is -2.75. The number of halogens is 3.